The fourth-order valence-electron chi connectivity index (χ4n) is 3.30. The van der Waals surface area contributed by atoms with Gasteiger partial charge in [0.1, 0.15) is 0 Å². The maximum Gasteiger partial charge on any atom is 0.363 e. The average molecular weight is 476 g/mol. The molecule has 7 heteroatoms. The number of methoxy groups -OCH3 is 1. The van der Waals surface area contributed by atoms with Crippen molar-refractivity contribution in [3.8, 4) is 11.5 Å². The van der Waals surface area contributed by atoms with Gasteiger partial charge in [-0.25, -0.2) is 14.6 Å². The van der Waals surface area contributed by atoms with E-state index in [1.54, 1.807) is 48.5 Å². The molecule has 0 N–H and O–H groups in total. The number of halogens is 1. The second-order valence-electron chi connectivity index (χ2n) is 7.92. The van der Waals surface area contributed by atoms with E-state index in [0.717, 1.165) is 5.56 Å². The van der Waals surface area contributed by atoms with Crippen LogP contribution < -0.4 is 9.47 Å². The molecular weight excluding hydrogens is 454 g/mol. The molecule has 0 radical (unpaired) electrons. The number of carbonyl (C=O) groups excluding carboxylic acids is 2. The fourth-order valence-corrected chi connectivity index (χ4v) is 3.43. The van der Waals surface area contributed by atoms with Crippen molar-refractivity contribution in [1.29, 1.82) is 0 Å². The van der Waals surface area contributed by atoms with Crippen LogP contribution in [0.2, 0.25) is 5.02 Å². The van der Waals surface area contributed by atoms with Crippen LogP contribution in [0.5, 0.6) is 11.5 Å². The molecule has 0 saturated carbocycles. The number of ether oxygens (including phenoxy) is 3. The van der Waals surface area contributed by atoms with Gasteiger partial charge in [0.05, 0.1) is 12.7 Å². The van der Waals surface area contributed by atoms with Crippen molar-refractivity contribution >= 4 is 35.5 Å². The van der Waals surface area contributed by atoms with Crippen LogP contribution in [0.1, 0.15) is 46.8 Å². The molecule has 0 amide bonds. The van der Waals surface area contributed by atoms with Crippen LogP contribution in [0.4, 0.5) is 0 Å². The quantitative estimate of drug-likeness (QED) is 0.247. The van der Waals surface area contributed by atoms with E-state index < -0.39 is 11.9 Å². The van der Waals surface area contributed by atoms with Crippen molar-refractivity contribution in [3.63, 3.8) is 0 Å². The smallest absolute Gasteiger partial charge is 0.363 e. The minimum Gasteiger partial charge on any atom is -0.493 e. The Morgan fingerprint density at radius 1 is 1.00 bits per heavy atom. The van der Waals surface area contributed by atoms with E-state index in [2.05, 4.69) is 18.8 Å². The number of aliphatic imine (C=N–C) groups is 1. The first-order valence-electron chi connectivity index (χ1n) is 10.6. The molecule has 34 heavy (non-hydrogen) atoms. The predicted octanol–water partition coefficient (Wildman–Crippen LogP) is 6.04. The standard InChI is InChI=1S/C27H22ClNO5/c1-16(2)18-5-7-19(8-6-18)25-29-22(27(31)34-25)14-17-4-13-23(24(15-17)32-3)33-26(30)20-9-11-21(28)12-10-20/h4-16H,1-3H3/b22-14-. The molecule has 0 atom stereocenters. The third-order valence-electron chi connectivity index (χ3n) is 5.22. The number of nitrogens with zero attached hydrogens (tertiary/aromatic N) is 1. The lowest BCUT2D eigenvalue weighted by Crippen LogP contribution is -2.09. The summed E-state index contributed by atoms with van der Waals surface area (Å²) >= 11 is 5.86. The van der Waals surface area contributed by atoms with Gasteiger partial charge >= 0.3 is 11.9 Å². The molecule has 3 aromatic rings. The van der Waals surface area contributed by atoms with Crippen molar-refractivity contribution in [1.82, 2.24) is 0 Å². The maximum absolute atomic E-state index is 12.4. The average Bonchev–Trinajstić information content (AvgIpc) is 3.20. The van der Waals surface area contributed by atoms with E-state index in [1.165, 1.54) is 12.7 Å². The second-order valence-corrected chi connectivity index (χ2v) is 8.36. The molecule has 0 bridgehead atoms. The molecule has 6 nitrogen and oxygen atoms in total. The van der Waals surface area contributed by atoms with Crippen LogP contribution in [0.15, 0.2) is 77.4 Å². The van der Waals surface area contributed by atoms with Gasteiger partial charge in [0.25, 0.3) is 0 Å². The Balaban J connectivity index is 1.54. The zero-order chi connectivity index (χ0) is 24.2. The summed E-state index contributed by atoms with van der Waals surface area (Å²) in [6, 6.07) is 19.1. The van der Waals surface area contributed by atoms with E-state index >= 15 is 0 Å². The van der Waals surface area contributed by atoms with E-state index in [0.29, 0.717) is 27.8 Å². The van der Waals surface area contributed by atoms with Gasteiger partial charge < -0.3 is 14.2 Å². The molecule has 0 saturated heterocycles. The highest BCUT2D eigenvalue weighted by Crippen LogP contribution is 2.30. The number of esters is 2. The summed E-state index contributed by atoms with van der Waals surface area (Å²) in [5.41, 5.74) is 3.07. The van der Waals surface area contributed by atoms with Gasteiger partial charge in [-0.3, -0.25) is 0 Å². The molecule has 4 rings (SSSR count). The van der Waals surface area contributed by atoms with Gasteiger partial charge in [0.15, 0.2) is 17.2 Å². The third kappa shape index (κ3) is 5.18. The molecule has 3 aromatic carbocycles. The zero-order valence-corrected chi connectivity index (χ0v) is 19.6. The van der Waals surface area contributed by atoms with Crippen LogP contribution in [0, 0.1) is 0 Å². The summed E-state index contributed by atoms with van der Waals surface area (Å²) in [6.07, 6.45) is 1.59. The molecule has 172 valence electrons. The Bertz CT molecular complexity index is 1290. The number of rotatable bonds is 6. The largest absolute Gasteiger partial charge is 0.493 e. The van der Waals surface area contributed by atoms with Crippen molar-refractivity contribution in [2.24, 2.45) is 4.99 Å². The van der Waals surface area contributed by atoms with Crippen molar-refractivity contribution in [2.45, 2.75) is 19.8 Å². The van der Waals surface area contributed by atoms with E-state index in [9.17, 15) is 9.59 Å². The highest BCUT2D eigenvalue weighted by atomic mass is 35.5. The number of hydrogen-bond acceptors (Lipinski definition) is 6. The molecular formula is C27H22ClNO5. The first-order chi connectivity index (χ1) is 16.3. The summed E-state index contributed by atoms with van der Waals surface area (Å²) in [4.78, 5) is 29.1. The first kappa shape index (κ1) is 23.3. The molecule has 0 spiro atoms. The van der Waals surface area contributed by atoms with E-state index in [-0.39, 0.29) is 17.3 Å². The zero-order valence-electron chi connectivity index (χ0n) is 18.9. The Hall–Kier alpha value is -3.90. The van der Waals surface area contributed by atoms with Gasteiger partial charge in [-0.1, -0.05) is 43.6 Å². The Morgan fingerprint density at radius 3 is 2.35 bits per heavy atom. The summed E-state index contributed by atoms with van der Waals surface area (Å²) < 4.78 is 16.2. The van der Waals surface area contributed by atoms with Crippen molar-refractivity contribution in [2.75, 3.05) is 7.11 Å². The molecule has 0 unspecified atom stereocenters. The molecule has 1 aliphatic heterocycles. The summed E-state index contributed by atoms with van der Waals surface area (Å²) in [6.45, 7) is 4.22. The van der Waals surface area contributed by atoms with Gasteiger partial charge in [0, 0.05) is 10.6 Å². The third-order valence-corrected chi connectivity index (χ3v) is 5.47. The number of cyclic esters (lactones) is 1. The van der Waals surface area contributed by atoms with E-state index in [4.69, 9.17) is 25.8 Å². The van der Waals surface area contributed by atoms with Gasteiger partial charge in [0.2, 0.25) is 5.90 Å². The summed E-state index contributed by atoms with van der Waals surface area (Å²) in [5.74, 6) is 0.149. The van der Waals surface area contributed by atoms with Crippen molar-refractivity contribution in [3.05, 3.63) is 99.7 Å². The van der Waals surface area contributed by atoms with Crippen molar-refractivity contribution < 1.29 is 23.8 Å². The lowest BCUT2D eigenvalue weighted by molar-refractivity contribution is -0.129. The first-order valence-corrected chi connectivity index (χ1v) is 11.0. The van der Waals surface area contributed by atoms with Crippen LogP contribution in [0.25, 0.3) is 6.08 Å². The SMILES string of the molecule is COc1cc(/C=C2\N=C(c3ccc(C(C)C)cc3)OC2=O)ccc1OC(=O)c1ccc(Cl)cc1. The Labute approximate surface area is 202 Å². The monoisotopic (exact) mass is 475 g/mol. The molecule has 1 aliphatic rings. The lowest BCUT2D eigenvalue weighted by Gasteiger charge is -2.10. The summed E-state index contributed by atoms with van der Waals surface area (Å²) in [7, 11) is 1.47. The maximum atomic E-state index is 12.4. The highest BCUT2D eigenvalue weighted by molar-refractivity contribution is 6.30. The Kier molecular flexibility index (Phi) is 6.80. The number of benzene rings is 3. The molecule has 0 aliphatic carbocycles. The normalized spacial score (nSPS) is 14.2. The minimum atomic E-state index is -0.543. The fraction of sp³-hybridized carbons (Fsp3) is 0.148. The van der Waals surface area contributed by atoms with Crippen LogP contribution in [-0.4, -0.2) is 24.9 Å². The van der Waals surface area contributed by atoms with Gasteiger partial charge in [-0.2, -0.15) is 0 Å². The highest BCUT2D eigenvalue weighted by Gasteiger charge is 2.24. The molecule has 1 heterocycles. The second kappa shape index (κ2) is 9.93. The summed E-state index contributed by atoms with van der Waals surface area (Å²) in [5, 5.41) is 0.523. The van der Waals surface area contributed by atoms with Gasteiger partial charge in [-0.05, 0) is 71.7 Å². The van der Waals surface area contributed by atoms with Crippen LogP contribution in [0.3, 0.4) is 0 Å². The lowest BCUT2D eigenvalue weighted by atomic mass is 10.0. The number of carbonyl (C=O) groups is 2. The predicted molar refractivity (Wildman–Crippen MR) is 131 cm³/mol. The number of hydrogen-bond donors (Lipinski definition) is 0. The molecule has 0 fully saturated rings. The van der Waals surface area contributed by atoms with Crippen LogP contribution in [-0.2, 0) is 9.53 Å². The Morgan fingerprint density at radius 2 is 1.71 bits per heavy atom. The van der Waals surface area contributed by atoms with Gasteiger partial charge in [-0.15, -0.1) is 0 Å². The van der Waals surface area contributed by atoms with Crippen LogP contribution >= 0.6 is 11.6 Å². The minimum absolute atomic E-state index is 0.163. The topological polar surface area (TPSA) is 74.2 Å². The van der Waals surface area contributed by atoms with E-state index in [1.807, 2.05) is 24.3 Å². The molecule has 0 aromatic heterocycles.